The van der Waals surface area contributed by atoms with Gasteiger partial charge in [-0.1, -0.05) is 6.92 Å². The summed E-state index contributed by atoms with van der Waals surface area (Å²) in [6.45, 7) is 3.78. The molecule has 0 saturated carbocycles. The molecule has 0 bridgehead atoms. The van der Waals surface area contributed by atoms with Crippen LogP contribution in [0.2, 0.25) is 0 Å². The summed E-state index contributed by atoms with van der Waals surface area (Å²) in [6, 6.07) is 8.31. The molecule has 1 atom stereocenters. The zero-order valence-corrected chi connectivity index (χ0v) is 13.4. The molecule has 1 heterocycles. The lowest BCUT2D eigenvalue weighted by molar-refractivity contribution is -0.141. The summed E-state index contributed by atoms with van der Waals surface area (Å²) in [5.74, 6) is -0.358. The van der Waals surface area contributed by atoms with Gasteiger partial charge >= 0.3 is 5.97 Å². The molecular formula is C17H20N2O4. The molecule has 0 radical (unpaired) electrons. The van der Waals surface area contributed by atoms with E-state index in [-0.39, 0.29) is 17.6 Å². The van der Waals surface area contributed by atoms with Crippen LogP contribution in [0.5, 0.6) is 0 Å². The van der Waals surface area contributed by atoms with Crippen molar-refractivity contribution in [2.24, 2.45) is 0 Å². The third-order valence-corrected chi connectivity index (χ3v) is 3.45. The number of carbonyl (C=O) groups is 2. The highest BCUT2D eigenvalue weighted by molar-refractivity contribution is 6.02. The first-order chi connectivity index (χ1) is 11.0. The second kappa shape index (κ2) is 7.49. The third-order valence-electron chi connectivity index (χ3n) is 3.45. The lowest BCUT2D eigenvalue weighted by Crippen LogP contribution is -2.29. The van der Waals surface area contributed by atoms with Crippen LogP contribution < -0.4 is 10.6 Å². The predicted molar refractivity (Wildman–Crippen MR) is 87.6 cm³/mol. The quantitative estimate of drug-likeness (QED) is 0.800. The predicted octanol–water partition coefficient (Wildman–Crippen LogP) is 3.20. The van der Waals surface area contributed by atoms with E-state index >= 15 is 0 Å². The van der Waals surface area contributed by atoms with Crippen molar-refractivity contribution in [3.05, 3.63) is 47.9 Å². The van der Waals surface area contributed by atoms with Gasteiger partial charge in [0.25, 0.3) is 5.91 Å². The van der Waals surface area contributed by atoms with Crippen LogP contribution in [0.3, 0.4) is 0 Å². The van der Waals surface area contributed by atoms with Gasteiger partial charge in [-0.2, -0.15) is 0 Å². The average molecular weight is 316 g/mol. The van der Waals surface area contributed by atoms with E-state index in [4.69, 9.17) is 9.15 Å². The Morgan fingerprint density at radius 1 is 1.30 bits per heavy atom. The third kappa shape index (κ3) is 4.12. The van der Waals surface area contributed by atoms with E-state index in [1.54, 1.807) is 24.3 Å². The van der Waals surface area contributed by atoms with Gasteiger partial charge in [0.05, 0.1) is 13.4 Å². The fourth-order valence-corrected chi connectivity index (χ4v) is 2.16. The number of amides is 1. The topological polar surface area (TPSA) is 80.6 Å². The van der Waals surface area contributed by atoms with Gasteiger partial charge < -0.3 is 19.8 Å². The zero-order valence-electron chi connectivity index (χ0n) is 13.4. The van der Waals surface area contributed by atoms with Gasteiger partial charge in [0, 0.05) is 11.4 Å². The number of rotatable bonds is 6. The molecular weight excluding hydrogens is 296 g/mol. The number of ether oxygens (including phenoxy) is 1. The van der Waals surface area contributed by atoms with Crippen molar-refractivity contribution in [2.75, 3.05) is 17.7 Å². The van der Waals surface area contributed by atoms with Gasteiger partial charge in [0.1, 0.15) is 6.04 Å². The summed E-state index contributed by atoms with van der Waals surface area (Å²) in [6.07, 6.45) is 2.06. The second-order valence-electron chi connectivity index (χ2n) is 5.09. The van der Waals surface area contributed by atoms with E-state index in [0.29, 0.717) is 12.1 Å². The number of hydrogen-bond donors (Lipinski definition) is 2. The summed E-state index contributed by atoms with van der Waals surface area (Å²) >= 11 is 0. The maximum atomic E-state index is 12.0. The van der Waals surface area contributed by atoms with Gasteiger partial charge in [-0.15, -0.1) is 0 Å². The fourth-order valence-electron chi connectivity index (χ4n) is 2.16. The van der Waals surface area contributed by atoms with Crippen molar-refractivity contribution in [1.82, 2.24) is 0 Å². The smallest absolute Gasteiger partial charge is 0.328 e. The van der Waals surface area contributed by atoms with E-state index in [0.717, 1.165) is 11.3 Å². The van der Waals surface area contributed by atoms with Gasteiger partial charge in [0.15, 0.2) is 5.76 Å². The summed E-state index contributed by atoms with van der Waals surface area (Å²) in [5.41, 5.74) is 2.34. The van der Waals surface area contributed by atoms with Gasteiger partial charge in [-0.05, 0) is 49.2 Å². The van der Waals surface area contributed by atoms with Crippen LogP contribution in [-0.2, 0) is 9.53 Å². The van der Waals surface area contributed by atoms with Crippen LogP contribution >= 0.6 is 0 Å². The Kier molecular flexibility index (Phi) is 5.41. The lowest BCUT2D eigenvalue weighted by atomic mass is 10.1. The molecule has 0 aliphatic carbocycles. The number of hydrogen-bond acceptors (Lipinski definition) is 5. The first-order valence-corrected chi connectivity index (χ1v) is 7.35. The molecule has 0 fully saturated rings. The minimum atomic E-state index is -0.400. The van der Waals surface area contributed by atoms with Crippen molar-refractivity contribution in [1.29, 1.82) is 0 Å². The molecule has 1 aromatic carbocycles. The first kappa shape index (κ1) is 16.6. The molecule has 23 heavy (non-hydrogen) atoms. The Labute approximate surface area is 134 Å². The highest BCUT2D eigenvalue weighted by Gasteiger charge is 2.17. The Morgan fingerprint density at radius 3 is 2.65 bits per heavy atom. The zero-order chi connectivity index (χ0) is 16.8. The molecule has 1 aromatic heterocycles. The Hall–Kier alpha value is -2.76. The number of methoxy groups -OCH3 is 1. The van der Waals surface area contributed by atoms with Crippen LogP contribution in [0.4, 0.5) is 11.4 Å². The van der Waals surface area contributed by atoms with Crippen LogP contribution in [0.25, 0.3) is 0 Å². The van der Waals surface area contributed by atoms with E-state index in [1.165, 1.54) is 13.4 Å². The molecule has 0 unspecified atom stereocenters. The highest BCUT2D eigenvalue weighted by atomic mass is 16.5. The average Bonchev–Trinajstić information content (AvgIpc) is 3.08. The normalized spacial score (nSPS) is 11.6. The van der Waals surface area contributed by atoms with Crippen molar-refractivity contribution in [3.63, 3.8) is 0 Å². The number of carbonyl (C=O) groups excluding carboxylic acids is 2. The van der Waals surface area contributed by atoms with Crippen LogP contribution in [0.1, 0.15) is 29.5 Å². The molecule has 6 nitrogen and oxygen atoms in total. The summed E-state index contributed by atoms with van der Waals surface area (Å²) in [4.78, 5) is 23.6. The highest BCUT2D eigenvalue weighted by Crippen LogP contribution is 2.21. The van der Waals surface area contributed by atoms with E-state index < -0.39 is 6.04 Å². The largest absolute Gasteiger partial charge is 0.467 e. The first-order valence-electron chi connectivity index (χ1n) is 7.35. The molecule has 0 spiro atoms. The molecule has 0 aliphatic rings. The van der Waals surface area contributed by atoms with Crippen molar-refractivity contribution < 1.29 is 18.7 Å². The molecule has 1 amide bonds. The van der Waals surface area contributed by atoms with Gasteiger partial charge in [-0.25, -0.2) is 4.79 Å². The SMILES string of the molecule is CC[C@@H](Nc1ccc(NC(=O)c2ccco2)c(C)c1)C(=O)OC. The Bertz CT molecular complexity index is 680. The summed E-state index contributed by atoms with van der Waals surface area (Å²) < 4.78 is 9.82. The monoisotopic (exact) mass is 316 g/mol. The number of aryl methyl sites for hydroxylation is 1. The van der Waals surface area contributed by atoms with Gasteiger partial charge in [-0.3, -0.25) is 4.79 Å². The standard InChI is InChI=1S/C17H20N2O4/c1-4-13(17(21)22-3)18-12-7-8-14(11(2)10-12)19-16(20)15-6-5-9-23-15/h5-10,13,18H,4H2,1-3H3,(H,19,20)/t13-/m1/s1. The number of esters is 1. The fraction of sp³-hybridized carbons (Fsp3) is 0.294. The number of furan rings is 1. The van der Waals surface area contributed by atoms with Crippen LogP contribution in [0.15, 0.2) is 41.0 Å². The molecule has 2 rings (SSSR count). The van der Waals surface area contributed by atoms with E-state index in [2.05, 4.69) is 10.6 Å². The summed E-state index contributed by atoms with van der Waals surface area (Å²) in [5, 5.41) is 5.91. The lowest BCUT2D eigenvalue weighted by Gasteiger charge is -2.17. The van der Waals surface area contributed by atoms with Crippen LogP contribution in [0, 0.1) is 6.92 Å². The maximum absolute atomic E-state index is 12.0. The minimum Gasteiger partial charge on any atom is -0.467 e. The second-order valence-corrected chi connectivity index (χ2v) is 5.09. The minimum absolute atomic E-state index is 0.253. The van der Waals surface area contributed by atoms with Gasteiger partial charge in [0.2, 0.25) is 0 Å². The molecule has 0 aliphatic heterocycles. The van der Waals surface area contributed by atoms with E-state index in [9.17, 15) is 9.59 Å². The molecule has 0 saturated heterocycles. The number of nitrogens with one attached hydrogen (secondary N) is 2. The molecule has 2 aromatic rings. The van der Waals surface area contributed by atoms with Crippen molar-refractivity contribution >= 4 is 23.3 Å². The van der Waals surface area contributed by atoms with Crippen LogP contribution in [-0.4, -0.2) is 25.0 Å². The van der Waals surface area contributed by atoms with Crippen molar-refractivity contribution in [3.8, 4) is 0 Å². The molecule has 6 heteroatoms. The number of anilines is 2. The number of benzene rings is 1. The summed E-state index contributed by atoms with van der Waals surface area (Å²) in [7, 11) is 1.37. The Balaban J connectivity index is 2.08. The maximum Gasteiger partial charge on any atom is 0.328 e. The molecule has 122 valence electrons. The Morgan fingerprint density at radius 2 is 2.09 bits per heavy atom. The van der Waals surface area contributed by atoms with Crippen molar-refractivity contribution in [2.45, 2.75) is 26.3 Å². The van der Waals surface area contributed by atoms with E-state index in [1.807, 2.05) is 19.9 Å². The molecule has 2 N–H and O–H groups in total.